The molecule has 7 nitrogen and oxygen atoms in total. The van der Waals surface area contributed by atoms with E-state index < -0.39 is 10.0 Å². The van der Waals surface area contributed by atoms with Crippen LogP contribution in [0.25, 0.3) is 0 Å². The molecule has 0 atom stereocenters. The number of hydrogen-bond donors (Lipinski definition) is 0. The number of aryl methyl sites for hydroxylation is 1. The molecule has 0 radical (unpaired) electrons. The van der Waals surface area contributed by atoms with E-state index in [4.69, 9.17) is 5.26 Å². The van der Waals surface area contributed by atoms with Crippen LogP contribution in [0, 0.1) is 11.3 Å². The molecule has 8 heteroatoms. The van der Waals surface area contributed by atoms with Crippen molar-refractivity contribution in [3.63, 3.8) is 0 Å². The monoisotopic (exact) mass is 358 g/mol. The summed E-state index contributed by atoms with van der Waals surface area (Å²) in [5.41, 5.74) is 1.00. The normalized spacial score (nSPS) is 15.8. The van der Waals surface area contributed by atoms with Crippen LogP contribution in [0.1, 0.15) is 16.1 Å². The topological polar surface area (TPSA) is 86.4 Å². The van der Waals surface area contributed by atoms with E-state index in [-0.39, 0.29) is 23.9 Å². The lowest BCUT2D eigenvalue weighted by atomic mass is 10.2. The maximum Gasteiger partial charge on any atom is 0.270 e. The maximum absolute atomic E-state index is 12.7. The van der Waals surface area contributed by atoms with Crippen molar-refractivity contribution in [3.05, 3.63) is 53.9 Å². The number of nitriles is 1. The standard InChI is InChI=1S/C17H18N4O3S/c1-19-8-2-3-16(19)17(22)20-9-11-21(12-10-20)25(23,24)15-6-4-14(13-18)5-7-15/h2-8H,9-12H2,1H3. The van der Waals surface area contributed by atoms with Crippen LogP contribution < -0.4 is 0 Å². The molecule has 1 aliphatic rings. The molecule has 0 unspecified atom stereocenters. The molecule has 130 valence electrons. The Morgan fingerprint density at radius 1 is 1.08 bits per heavy atom. The molecule has 0 spiro atoms. The number of piperazine rings is 1. The molecule has 2 aromatic rings. The summed E-state index contributed by atoms with van der Waals surface area (Å²) in [6.45, 7) is 1.19. The van der Waals surface area contributed by atoms with E-state index in [1.165, 1.54) is 28.6 Å². The second-order valence-electron chi connectivity index (χ2n) is 5.84. The first-order chi connectivity index (χ1) is 11.9. The highest BCUT2D eigenvalue weighted by Gasteiger charge is 2.30. The quantitative estimate of drug-likeness (QED) is 0.820. The fraction of sp³-hybridized carbons (Fsp3) is 0.294. The number of sulfonamides is 1. The maximum atomic E-state index is 12.7. The van der Waals surface area contributed by atoms with Crippen molar-refractivity contribution in [1.29, 1.82) is 5.26 Å². The van der Waals surface area contributed by atoms with Crippen molar-refractivity contribution in [3.8, 4) is 6.07 Å². The van der Waals surface area contributed by atoms with Gasteiger partial charge in [0, 0.05) is 39.4 Å². The fourth-order valence-corrected chi connectivity index (χ4v) is 4.25. The first-order valence-corrected chi connectivity index (χ1v) is 9.28. The molecule has 2 heterocycles. The zero-order chi connectivity index (χ0) is 18.0. The lowest BCUT2D eigenvalue weighted by Gasteiger charge is -2.34. The van der Waals surface area contributed by atoms with Crippen LogP contribution in [-0.2, 0) is 17.1 Å². The molecule has 1 amide bonds. The van der Waals surface area contributed by atoms with Gasteiger partial charge in [-0.1, -0.05) is 0 Å². The Balaban J connectivity index is 1.70. The third-order valence-corrected chi connectivity index (χ3v) is 6.22. The van der Waals surface area contributed by atoms with E-state index >= 15 is 0 Å². The zero-order valence-corrected chi connectivity index (χ0v) is 14.6. The number of carbonyl (C=O) groups excluding carboxylic acids is 1. The molecular weight excluding hydrogens is 340 g/mol. The number of aromatic nitrogens is 1. The second-order valence-corrected chi connectivity index (χ2v) is 7.77. The summed E-state index contributed by atoms with van der Waals surface area (Å²) in [5.74, 6) is -0.0945. The molecular formula is C17H18N4O3S. The molecule has 0 aliphatic carbocycles. The van der Waals surface area contributed by atoms with E-state index in [1.54, 1.807) is 34.8 Å². The number of rotatable bonds is 3. The average molecular weight is 358 g/mol. The van der Waals surface area contributed by atoms with Gasteiger partial charge in [0.1, 0.15) is 5.69 Å². The fourth-order valence-electron chi connectivity index (χ4n) is 2.83. The number of carbonyl (C=O) groups is 1. The Kier molecular flexibility index (Phi) is 4.61. The molecule has 1 aromatic heterocycles. The van der Waals surface area contributed by atoms with Crippen molar-refractivity contribution in [2.24, 2.45) is 7.05 Å². The number of amides is 1. The summed E-state index contributed by atoms with van der Waals surface area (Å²) in [7, 11) is -1.81. The zero-order valence-electron chi connectivity index (χ0n) is 13.8. The van der Waals surface area contributed by atoms with E-state index in [9.17, 15) is 13.2 Å². The highest BCUT2D eigenvalue weighted by molar-refractivity contribution is 7.89. The summed E-state index contributed by atoms with van der Waals surface area (Å²) in [5, 5.41) is 8.81. The second kappa shape index (κ2) is 6.70. The van der Waals surface area contributed by atoms with Gasteiger partial charge >= 0.3 is 0 Å². The first-order valence-electron chi connectivity index (χ1n) is 7.84. The minimum Gasteiger partial charge on any atom is -0.347 e. The molecule has 1 fully saturated rings. The first kappa shape index (κ1) is 17.2. The van der Waals surface area contributed by atoms with Crippen LogP contribution in [0.5, 0.6) is 0 Å². The summed E-state index contributed by atoms with van der Waals surface area (Å²) >= 11 is 0. The highest BCUT2D eigenvalue weighted by atomic mass is 32.2. The molecule has 0 bridgehead atoms. The molecule has 1 saturated heterocycles. The third kappa shape index (κ3) is 3.29. The molecule has 3 rings (SSSR count). The Morgan fingerprint density at radius 2 is 1.72 bits per heavy atom. The Hall–Kier alpha value is -2.63. The van der Waals surface area contributed by atoms with E-state index in [1.807, 2.05) is 6.07 Å². The van der Waals surface area contributed by atoms with Crippen molar-refractivity contribution in [1.82, 2.24) is 13.8 Å². The van der Waals surface area contributed by atoms with Crippen LogP contribution in [-0.4, -0.2) is 54.3 Å². The Morgan fingerprint density at radius 3 is 2.24 bits per heavy atom. The van der Waals surface area contributed by atoms with E-state index in [2.05, 4.69) is 0 Å². The number of nitrogens with zero attached hydrogens (tertiary/aromatic N) is 4. The predicted molar refractivity (Wildman–Crippen MR) is 91.2 cm³/mol. The van der Waals surface area contributed by atoms with Crippen LogP contribution >= 0.6 is 0 Å². The minimum atomic E-state index is -3.62. The van der Waals surface area contributed by atoms with Crippen molar-refractivity contribution < 1.29 is 13.2 Å². The third-order valence-electron chi connectivity index (χ3n) is 4.31. The van der Waals surface area contributed by atoms with Crippen LogP contribution in [0.4, 0.5) is 0 Å². The van der Waals surface area contributed by atoms with Crippen molar-refractivity contribution in [2.45, 2.75) is 4.90 Å². The molecule has 1 aliphatic heterocycles. The molecule has 0 saturated carbocycles. The van der Waals surface area contributed by atoms with Crippen LogP contribution in [0.2, 0.25) is 0 Å². The highest BCUT2D eigenvalue weighted by Crippen LogP contribution is 2.19. The van der Waals surface area contributed by atoms with Gasteiger partial charge < -0.3 is 9.47 Å². The van der Waals surface area contributed by atoms with Crippen LogP contribution in [0.3, 0.4) is 0 Å². The van der Waals surface area contributed by atoms with Gasteiger partial charge in [-0.15, -0.1) is 0 Å². The Bertz CT molecular complexity index is 918. The van der Waals surface area contributed by atoms with Crippen LogP contribution in [0.15, 0.2) is 47.5 Å². The lowest BCUT2D eigenvalue weighted by Crippen LogP contribution is -2.50. The smallest absolute Gasteiger partial charge is 0.270 e. The number of hydrogen-bond acceptors (Lipinski definition) is 4. The van der Waals surface area contributed by atoms with Gasteiger partial charge in [0.05, 0.1) is 16.5 Å². The van der Waals surface area contributed by atoms with Gasteiger partial charge in [-0.3, -0.25) is 4.79 Å². The summed E-state index contributed by atoms with van der Waals surface area (Å²) in [6.07, 6.45) is 1.80. The van der Waals surface area contributed by atoms with E-state index in [0.29, 0.717) is 24.3 Å². The summed E-state index contributed by atoms with van der Waals surface area (Å²) in [4.78, 5) is 14.3. The van der Waals surface area contributed by atoms with Gasteiger partial charge in [0.25, 0.3) is 5.91 Å². The molecule has 1 aromatic carbocycles. The average Bonchev–Trinajstić information content (AvgIpc) is 3.07. The van der Waals surface area contributed by atoms with Gasteiger partial charge in [0.15, 0.2) is 0 Å². The van der Waals surface area contributed by atoms with Crippen molar-refractivity contribution >= 4 is 15.9 Å². The predicted octanol–water partition coefficient (Wildman–Crippen LogP) is 1.04. The van der Waals surface area contributed by atoms with E-state index in [0.717, 1.165) is 0 Å². The van der Waals surface area contributed by atoms with Gasteiger partial charge in [-0.25, -0.2) is 8.42 Å². The van der Waals surface area contributed by atoms with Gasteiger partial charge in [-0.2, -0.15) is 9.57 Å². The van der Waals surface area contributed by atoms with Gasteiger partial charge in [-0.05, 0) is 36.4 Å². The largest absolute Gasteiger partial charge is 0.347 e. The molecule has 25 heavy (non-hydrogen) atoms. The summed E-state index contributed by atoms with van der Waals surface area (Å²) < 4.78 is 28.5. The lowest BCUT2D eigenvalue weighted by molar-refractivity contribution is 0.0688. The summed E-state index contributed by atoms with van der Waals surface area (Å²) in [6, 6.07) is 11.4. The number of benzene rings is 1. The van der Waals surface area contributed by atoms with Crippen molar-refractivity contribution in [2.75, 3.05) is 26.2 Å². The minimum absolute atomic E-state index is 0.0945. The Labute approximate surface area is 146 Å². The SMILES string of the molecule is Cn1cccc1C(=O)N1CCN(S(=O)(=O)c2ccc(C#N)cc2)CC1. The van der Waals surface area contributed by atoms with Gasteiger partial charge in [0.2, 0.25) is 10.0 Å². The molecule has 0 N–H and O–H groups in total.